The zero-order chi connectivity index (χ0) is 12.3. The molecule has 1 atom stereocenters. The number of hydrogen-bond acceptors (Lipinski definition) is 2. The Balaban J connectivity index is 1.99. The standard InChI is InChI=1S/C12H14BrNO3/c13-10-5-1-2-6-11(10)17-9-4-3-7-14(8-9)12(15)16/h1-2,5-6,9H,3-4,7-8H2,(H,15,16). The van der Waals surface area contributed by atoms with Crippen molar-refractivity contribution in [3.05, 3.63) is 28.7 Å². The molecule has 0 radical (unpaired) electrons. The highest BCUT2D eigenvalue weighted by molar-refractivity contribution is 9.10. The van der Waals surface area contributed by atoms with Gasteiger partial charge in [-0.25, -0.2) is 4.79 Å². The van der Waals surface area contributed by atoms with Crippen LogP contribution in [0.3, 0.4) is 0 Å². The SMILES string of the molecule is O=C(O)N1CCCC(Oc2ccccc2Br)C1. The average molecular weight is 300 g/mol. The van der Waals surface area contributed by atoms with Crippen molar-refractivity contribution in [3.63, 3.8) is 0 Å². The van der Waals surface area contributed by atoms with Gasteiger partial charge in [0.05, 0.1) is 11.0 Å². The van der Waals surface area contributed by atoms with E-state index in [0.717, 1.165) is 23.1 Å². The summed E-state index contributed by atoms with van der Waals surface area (Å²) in [6.45, 7) is 1.04. The molecule has 17 heavy (non-hydrogen) atoms. The predicted octanol–water partition coefficient (Wildman–Crippen LogP) is 2.97. The number of benzene rings is 1. The Kier molecular flexibility index (Phi) is 3.89. The van der Waals surface area contributed by atoms with Crippen LogP contribution in [0, 0.1) is 0 Å². The molecular weight excluding hydrogens is 286 g/mol. The molecule has 0 saturated carbocycles. The van der Waals surface area contributed by atoms with Crippen LogP contribution in [0.15, 0.2) is 28.7 Å². The molecule has 1 aliphatic rings. The molecule has 0 bridgehead atoms. The van der Waals surface area contributed by atoms with Gasteiger partial charge >= 0.3 is 6.09 Å². The van der Waals surface area contributed by atoms with Crippen LogP contribution in [0.25, 0.3) is 0 Å². The Morgan fingerprint density at radius 2 is 2.24 bits per heavy atom. The summed E-state index contributed by atoms with van der Waals surface area (Å²) in [4.78, 5) is 12.3. The molecule has 1 aromatic rings. The quantitative estimate of drug-likeness (QED) is 0.913. The van der Waals surface area contributed by atoms with Crippen LogP contribution in [-0.2, 0) is 0 Å². The number of halogens is 1. The van der Waals surface area contributed by atoms with Crippen molar-refractivity contribution in [3.8, 4) is 5.75 Å². The molecule has 4 nitrogen and oxygen atoms in total. The summed E-state index contributed by atoms with van der Waals surface area (Å²) in [6.07, 6.45) is 0.816. The Hall–Kier alpha value is -1.23. The second kappa shape index (κ2) is 5.40. The number of hydrogen-bond donors (Lipinski definition) is 1. The molecule has 1 aliphatic heterocycles. The molecule has 1 fully saturated rings. The first kappa shape index (κ1) is 12.2. The summed E-state index contributed by atoms with van der Waals surface area (Å²) in [7, 11) is 0. The minimum Gasteiger partial charge on any atom is -0.487 e. The van der Waals surface area contributed by atoms with Gasteiger partial charge in [-0.15, -0.1) is 0 Å². The monoisotopic (exact) mass is 299 g/mol. The zero-order valence-corrected chi connectivity index (χ0v) is 10.9. The summed E-state index contributed by atoms with van der Waals surface area (Å²) >= 11 is 3.41. The maximum absolute atomic E-state index is 10.9. The normalized spacial score (nSPS) is 20.1. The van der Waals surface area contributed by atoms with Crippen LogP contribution in [0.1, 0.15) is 12.8 Å². The van der Waals surface area contributed by atoms with Gasteiger partial charge in [0.25, 0.3) is 0 Å². The van der Waals surface area contributed by atoms with Crippen LogP contribution in [0.5, 0.6) is 5.75 Å². The molecule has 1 N–H and O–H groups in total. The van der Waals surface area contributed by atoms with Crippen LogP contribution in [0.4, 0.5) is 4.79 Å². The van der Waals surface area contributed by atoms with Crippen LogP contribution in [-0.4, -0.2) is 35.3 Å². The summed E-state index contributed by atoms with van der Waals surface area (Å²) in [5, 5.41) is 8.94. The maximum Gasteiger partial charge on any atom is 0.407 e. The minimum absolute atomic E-state index is 0.0569. The summed E-state index contributed by atoms with van der Waals surface area (Å²) in [5.41, 5.74) is 0. The van der Waals surface area contributed by atoms with Crippen molar-refractivity contribution in [2.75, 3.05) is 13.1 Å². The molecular formula is C12H14BrNO3. The highest BCUT2D eigenvalue weighted by atomic mass is 79.9. The predicted molar refractivity (Wildman–Crippen MR) is 67.4 cm³/mol. The van der Waals surface area contributed by atoms with Crippen molar-refractivity contribution in [2.45, 2.75) is 18.9 Å². The van der Waals surface area contributed by atoms with Gasteiger partial charge in [0.2, 0.25) is 0 Å². The minimum atomic E-state index is -0.870. The van der Waals surface area contributed by atoms with Gasteiger partial charge in [0.15, 0.2) is 0 Å². The number of amides is 1. The summed E-state index contributed by atoms with van der Waals surface area (Å²) in [6, 6.07) is 7.61. The number of likely N-dealkylation sites (tertiary alicyclic amines) is 1. The van der Waals surface area contributed by atoms with E-state index in [0.29, 0.717) is 13.1 Å². The number of carbonyl (C=O) groups is 1. The van der Waals surface area contributed by atoms with Crippen molar-refractivity contribution in [2.24, 2.45) is 0 Å². The van der Waals surface area contributed by atoms with Crippen LogP contribution in [0.2, 0.25) is 0 Å². The van der Waals surface area contributed by atoms with Crippen molar-refractivity contribution in [1.29, 1.82) is 0 Å². The Bertz CT molecular complexity index is 410. The van der Waals surface area contributed by atoms with Crippen molar-refractivity contribution >= 4 is 22.0 Å². The number of para-hydroxylation sites is 1. The number of ether oxygens (including phenoxy) is 1. The lowest BCUT2D eigenvalue weighted by Crippen LogP contribution is -2.43. The third kappa shape index (κ3) is 3.12. The van der Waals surface area contributed by atoms with E-state index in [9.17, 15) is 4.79 Å². The van der Waals surface area contributed by atoms with Gasteiger partial charge < -0.3 is 14.7 Å². The lowest BCUT2D eigenvalue weighted by Gasteiger charge is -2.31. The number of nitrogens with zero attached hydrogens (tertiary/aromatic N) is 1. The summed E-state index contributed by atoms with van der Waals surface area (Å²) in [5.74, 6) is 0.768. The fourth-order valence-corrected chi connectivity index (χ4v) is 2.31. The first-order valence-corrected chi connectivity index (χ1v) is 6.35. The van der Waals surface area contributed by atoms with E-state index in [1.165, 1.54) is 4.90 Å². The number of rotatable bonds is 2. The van der Waals surface area contributed by atoms with E-state index in [1.54, 1.807) is 0 Å². The van der Waals surface area contributed by atoms with E-state index < -0.39 is 6.09 Å². The maximum atomic E-state index is 10.9. The fourth-order valence-electron chi connectivity index (χ4n) is 1.93. The molecule has 1 heterocycles. The van der Waals surface area contributed by atoms with Gasteiger partial charge in [-0.3, -0.25) is 0 Å². The topological polar surface area (TPSA) is 49.8 Å². The second-order valence-corrected chi connectivity index (χ2v) is 4.90. The van der Waals surface area contributed by atoms with Crippen LogP contribution < -0.4 is 4.74 Å². The number of carboxylic acid groups (broad SMARTS) is 1. The van der Waals surface area contributed by atoms with E-state index in [2.05, 4.69) is 15.9 Å². The van der Waals surface area contributed by atoms with Crippen molar-refractivity contribution in [1.82, 2.24) is 4.90 Å². The Labute approximate surface area is 108 Å². The van der Waals surface area contributed by atoms with Gasteiger partial charge in [0, 0.05) is 6.54 Å². The highest BCUT2D eigenvalue weighted by Gasteiger charge is 2.24. The van der Waals surface area contributed by atoms with E-state index in [-0.39, 0.29) is 6.10 Å². The van der Waals surface area contributed by atoms with Crippen LogP contribution >= 0.6 is 15.9 Å². The molecule has 0 spiro atoms. The summed E-state index contributed by atoms with van der Waals surface area (Å²) < 4.78 is 6.71. The molecule has 5 heteroatoms. The molecule has 1 unspecified atom stereocenters. The zero-order valence-electron chi connectivity index (χ0n) is 9.30. The lowest BCUT2D eigenvalue weighted by molar-refractivity contribution is 0.0788. The number of piperidine rings is 1. The molecule has 1 amide bonds. The third-order valence-electron chi connectivity index (χ3n) is 2.78. The second-order valence-electron chi connectivity index (χ2n) is 4.04. The van der Waals surface area contributed by atoms with E-state index >= 15 is 0 Å². The Morgan fingerprint density at radius 1 is 1.47 bits per heavy atom. The van der Waals surface area contributed by atoms with Crippen molar-refractivity contribution < 1.29 is 14.6 Å². The molecule has 92 valence electrons. The lowest BCUT2D eigenvalue weighted by atomic mass is 10.1. The fraction of sp³-hybridized carbons (Fsp3) is 0.417. The molecule has 2 rings (SSSR count). The van der Waals surface area contributed by atoms with E-state index in [4.69, 9.17) is 9.84 Å². The largest absolute Gasteiger partial charge is 0.487 e. The first-order valence-electron chi connectivity index (χ1n) is 5.56. The first-order chi connectivity index (χ1) is 8.16. The van der Waals surface area contributed by atoms with E-state index in [1.807, 2.05) is 24.3 Å². The van der Waals surface area contributed by atoms with Gasteiger partial charge in [-0.2, -0.15) is 0 Å². The Morgan fingerprint density at radius 3 is 2.94 bits per heavy atom. The van der Waals surface area contributed by atoms with Gasteiger partial charge in [-0.1, -0.05) is 12.1 Å². The molecule has 1 aromatic carbocycles. The highest BCUT2D eigenvalue weighted by Crippen LogP contribution is 2.26. The molecule has 0 aliphatic carbocycles. The smallest absolute Gasteiger partial charge is 0.407 e. The molecule has 1 saturated heterocycles. The van der Waals surface area contributed by atoms with Gasteiger partial charge in [0.1, 0.15) is 11.9 Å². The average Bonchev–Trinajstić information content (AvgIpc) is 2.32. The van der Waals surface area contributed by atoms with Gasteiger partial charge in [-0.05, 0) is 40.9 Å². The molecule has 0 aromatic heterocycles. The third-order valence-corrected chi connectivity index (χ3v) is 3.43.